The van der Waals surface area contributed by atoms with Crippen LogP contribution in [-0.4, -0.2) is 39.8 Å². The zero-order valence-corrected chi connectivity index (χ0v) is 17.9. The van der Waals surface area contributed by atoms with Gasteiger partial charge in [-0.1, -0.05) is 36.4 Å². The number of rotatable bonds is 4. The molecule has 0 unspecified atom stereocenters. The summed E-state index contributed by atoms with van der Waals surface area (Å²) in [6.07, 6.45) is 1.78. The summed E-state index contributed by atoms with van der Waals surface area (Å²) >= 11 is 0. The molecule has 5 rings (SSSR count). The number of pyridine rings is 1. The van der Waals surface area contributed by atoms with Gasteiger partial charge in [0.15, 0.2) is 0 Å². The highest BCUT2D eigenvalue weighted by molar-refractivity contribution is 5.98. The van der Waals surface area contributed by atoms with E-state index in [1.54, 1.807) is 17.2 Å². The van der Waals surface area contributed by atoms with Crippen molar-refractivity contribution in [1.29, 1.82) is 0 Å². The third-order valence-electron chi connectivity index (χ3n) is 6.41. The first-order valence-corrected chi connectivity index (χ1v) is 10.8. The van der Waals surface area contributed by atoms with E-state index in [0.29, 0.717) is 31.4 Å². The molecule has 1 aromatic heterocycles. The summed E-state index contributed by atoms with van der Waals surface area (Å²) < 4.78 is 0. The highest BCUT2D eigenvalue weighted by Crippen LogP contribution is 2.32. The van der Waals surface area contributed by atoms with Crippen LogP contribution in [0.3, 0.4) is 0 Å². The number of benzene rings is 2. The summed E-state index contributed by atoms with van der Waals surface area (Å²) in [4.78, 5) is 33.1. The molecule has 32 heavy (non-hydrogen) atoms. The van der Waals surface area contributed by atoms with E-state index in [2.05, 4.69) is 10.3 Å². The number of urea groups is 1. The minimum Gasteiger partial charge on any atom is -0.384 e. The fraction of sp³-hybridized carbons (Fsp3) is 0.240. The van der Waals surface area contributed by atoms with Crippen LogP contribution in [0, 0.1) is 0 Å². The van der Waals surface area contributed by atoms with Crippen molar-refractivity contribution in [2.24, 2.45) is 0 Å². The molecule has 7 heteroatoms. The Morgan fingerprint density at radius 2 is 1.84 bits per heavy atom. The fourth-order valence-electron chi connectivity index (χ4n) is 4.33. The smallest absolute Gasteiger partial charge is 0.321 e. The summed E-state index contributed by atoms with van der Waals surface area (Å²) in [6, 6.07) is 19.0. The Kier molecular flexibility index (Phi) is 5.01. The summed E-state index contributed by atoms with van der Waals surface area (Å²) in [5.74, 6) is 0.854. The molecule has 0 saturated carbocycles. The molecule has 3 aromatic rings. The van der Waals surface area contributed by atoms with E-state index in [4.69, 9.17) is 5.73 Å². The Morgan fingerprint density at radius 1 is 1.09 bits per heavy atom. The number of hydrogen-bond donors (Lipinski definition) is 2. The van der Waals surface area contributed by atoms with Gasteiger partial charge in [-0.25, -0.2) is 9.78 Å². The van der Waals surface area contributed by atoms with Crippen molar-refractivity contribution < 1.29 is 9.59 Å². The van der Waals surface area contributed by atoms with Gasteiger partial charge in [-0.3, -0.25) is 4.79 Å². The van der Waals surface area contributed by atoms with Gasteiger partial charge in [0.1, 0.15) is 5.82 Å². The lowest BCUT2D eigenvalue weighted by Crippen LogP contribution is -2.50. The number of anilines is 2. The van der Waals surface area contributed by atoms with E-state index in [1.807, 2.05) is 66.4 Å². The van der Waals surface area contributed by atoms with Gasteiger partial charge in [0.25, 0.3) is 5.91 Å². The van der Waals surface area contributed by atoms with E-state index in [0.717, 1.165) is 27.9 Å². The van der Waals surface area contributed by atoms with Crippen molar-refractivity contribution in [3.05, 3.63) is 89.1 Å². The predicted octanol–water partition coefficient (Wildman–Crippen LogP) is 4.01. The van der Waals surface area contributed by atoms with E-state index < -0.39 is 0 Å². The molecule has 7 nitrogen and oxygen atoms in total. The van der Waals surface area contributed by atoms with Crippen molar-refractivity contribution in [3.8, 4) is 0 Å². The lowest BCUT2D eigenvalue weighted by Gasteiger charge is -2.39. The maximum atomic E-state index is 12.7. The zero-order chi connectivity index (χ0) is 22.2. The molecule has 1 fully saturated rings. The van der Waals surface area contributed by atoms with E-state index in [1.165, 1.54) is 0 Å². The molecule has 2 aliphatic heterocycles. The third kappa shape index (κ3) is 3.66. The van der Waals surface area contributed by atoms with Crippen molar-refractivity contribution in [1.82, 2.24) is 14.8 Å². The molecule has 3 heterocycles. The molecule has 2 aliphatic rings. The molecular formula is C25H25N5O2. The van der Waals surface area contributed by atoms with Gasteiger partial charge in [0.05, 0.1) is 6.04 Å². The molecule has 1 saturated heterocycles. The van der Waals surface area contributed by atoms with Gasteiger partial charge >= 0.3 is 6.03 Å². The first-order valence-electron chi connectivity index (χ1n) is 10.8. The Hall–Kier alpha value is -3.87. The monoisotopic (exact) mass is 427 g/mol. The maximum absolute atomic E-state index is 12.7. The first-order chi connectivity index (χ1) is 15.5. The van der Waals surface area contributed by atoms with Crippen molar-refractivity contribution in [2.45, 2.75) is 25.4 Å². The van der Waals surface area contributed by atoms with Crippen LogP contribution >= 0.6 is 0 Å². The highest BCUT2D eigenvalue weighted by atomic mass is 16.2. The topological polar surface area (TPSA) is 91.6 Å². The molecule has 2 aromatic carbocycles. The quantitative estimate of drug-likeness (QED) is 0.658. The van der Waals surface area contributed by atoms with Crippen molar-refractivity contribution >= 4 is 23.4 Å². The van der Waals surface area contributed by atoms with Crippen LogP contribution < -0.4 is 11.1 Å². The SMILES string of the molecule is C[C@@H](c1ccc(NC(=O)N2CC(c3ccc(N)nc3)C2)cc1)N1Cc2ccccc2C1=O. The van der Waals surface area contributed by atoms with Crippen LogP contribution in [0.15, 0.2) is 66.9 Å². The Labute approximate surface area is 186 Å². The summed E-state index contributed by atoms with van der Waals surface area (Å²) in [5, 5.41) is 2.95. The molecule has 162 valence electrons. The molecule has 0 bridgehead atoms. The molecule has 0 spiro atoms. The van der Waals surface area contributed by atoms with Crippen LogP contribution in [0.4, 0.5) is 16.3 Å². The largest absolute Gasteiger partial charge is 0.384 e. The second-order valence-electron chi connectivity index (χ2n) is 8.44. The number of aromatic nitrogens is 1. The number of nitrogens with two attached hydrogens (primary N) is 1. The predicted molar refractivity (Wildman–Crippen MR) is 123 cm³/mol. The molecule has 1 atom stereocenters. The van der Waals surface area contributed by atoms with E-state index in [9.17, 15) is 9.59 Å². The maximum Gasteiger partial charge on any atom is 0.321 e. The molecule has 3 N–H and O–H groups in total. The molecular weight excluding hydrogens is 402 g/mol. The van der Waals surface area contributed by atoms with Gasteiger partial charge in [-0.05, 0) is 47.9 Å². The number of nitrogens with zero attached hydrogens (tertiary/aromatic N) is 3. The van der Waals surface area contributed by atoms with Gasteiger partial charge < -0.3 is 20.9 Å². The van der Waals surface area contributed by atoms with Gasteiger partial charge in [-0.15, -0.1) is 0 Å². The number of carbonyl (C=O) groups excluding carboxylic acids is 2. The summed E-state index contributed by atoms with van der Waals surface area (Å²) in [7, 11) is 0. The normalized spacial score (nSPS) is 16.5. The summed E-state index contributed by atoms with van der Waals surface area (Å²) in [5.41, 5.74) is 10.3. The number of likely N-dealkylation sites (tertiary alicyclic amines) is 1. The first kappa shape index (κ1) is 20.1. The fourth-order valence-corrected chi connectivity index (χ4v) is 4.33. The number of nitrogens with one attached hydrogen (secondary N) is 1. The van der Waals surface area contributed by atoms with Crippen LogP contribution in [0.25, 0.3) is 0 Å². The number of carbonyl (C=O) groups is 2. The Morgan fingerprint density at radius 3 is 2.53 bits per heavy atom. The number of amides is 3. The minimum atomic E-state index is -0.115. The van der Waals surface area contributed by atoms with Crippen LogP contribution in [0.5, 0.6) is 0 Å². The Balaban J connectivity index is 1.17. The van der Waals surface area contributed by atoms with Crippen LogP contribution in [0.2, 0.25) is 0 Å². The van der Waals surface area contributed by atoms with Crippen LogP contribution in [-0.2, 0) is 6.54 Å². The lowest BCUT2D eigenvalue weighted by molar-refractivity contribution is 0.0716. The van der Waals surface area contributed by atoms with Crippen LogP contribution in [0.1, 0.15) is 45.9 Å². The summed E-state index contributed by atoms with van der Waals surface area (Å²) in [6.45, 7) is 3.96. The zero-order valence-electron chi connectivity index (χ0n) is 17.9. The van der Waals surface area contributed by atoms with Gasteiger partial charge in [0.2, 0.25) is 0 Å². The van der Waals surface area contributed by atoms with Gasteiger partial charge in [0, 0.05) is 43.0 Å². The standard InChI is InChI=1S/C25H25N5O2/c1-16(30-15-19-4-2-3-5-22(19)24(30)31)17-6-9-21(10-7-17)28-25(32)29-13-20(14-29)18-8-11-23(26)27-12-18/h2-12,16,20H,13-15H2,1H3,(H2,26,27)(H,28,32)/t16-/m0/s1. The van der Waals surface area contributed by atoms with Gasteiger partial charge in [-0.2, -0.15) is 0 Å². The second kappa shape index (κ2) is 8.00. The van der Waals surface area contributed by atoms with Crippen molar-refractivity contribution in [3.63, 3.8) is 0 Å². The average Bonchev–Trinajstić information content (AvgIpc) is 3.11. The third-order valence-corrected chi connectivity index (χ3v) is 6.41. The molecule has 0 aliphatic carbocycles. The number of nitrogen functional groups attached to an aromatic ring is 1. The number of hydrogen-bond acceptors (Lipinski definition) is 4. The molecule has 0 radical (unpaired) electrons. The lowest BCUT2D eigenvalue weighted by atomic mass is 9.93. The van der Waals surface area contributed by atoms with E-state index >= 15 is 0 Å². The highest BCUT2D eigenvalue weighted by Gasteiger charge is 2.33. The Bertz CT molecular complexity index is 1150. The van der Waals surface area contributed by atoms with E-state index in [-0.39, 0.29) is 18.0 Å². The average molecular weight is 428 g/mol. The minimum absolute atomic E-state index is 0.0516. The second-order valence-corrected chi connectivity index (χ2v) is 8.44. The molecule has 3 amide bonds. The number of fused-ring (bicyclic) bond motifs is 1. The van der Waals surface area contributed by atoms with Crippen molar-refractivity contribution in [2.75, 3.05) is 24.1 Å².